The molecule has 0 aromatic rings. The first kappa shape index (κ1) is 15.3. The molecule has 0 unspecified atom stereocenters. The van der Waals surface area contributed by atoms with Crippen LogP contribution in [0.15, 0.2) is 22.9 Å². The molecule has 0 saturated heterocycles. The molecule has 0 aromatic carbocycles. The Labute approximate surface area is 102 Å². The number of nitrogens with one attached hydrogen (secondary N) is 1. The van der Waals surface area contributed by atoms with E-state index in [0.29, 0.717) is 0 Å². The third kappa shape index (κ3) is 4.87. The highest BCUT2D eigenvalue weighted by Gasteiger charge is 2.22. The normalized spacial score (nSPS) is 15.9. The molecule has 0 spiro atoms. The average Bonchev–Trinajstić information content (AvgIpc) is 2.08. The van der Waals surface area contributed by atoms with Crippen LogP contribution in [0.25, 0.3) is 0 Å². The molecule has 0 rings (SSSR count). The van der Waals surface area contributed by atoms with Crippen molar-refractivity contribution >= 4 is 0 Å². The van der Waals surface area contributed by atoms with E-state index in [4.69, 9.17) is 0 Å². The van der Waals surface area contributed by atoms with E-state index in [1.165, 1.54) is 16.8 Å². The quantitative estimate of drug-likeness (QED) is 0.679. The molecular weight excluding hydrogens is 194 g/mol. The minimum absolute atomic E-state index is 0.190. The van der Waals surface area contributed by atoms with E-state index in [9.17, 15) is 0 Å². The second kappa shape index (κ2) is 5.07. The molecule has 0 atom stereocenters. The van der Waals surface area contributed by atoms with Gasteiger partial charge in [-0.1, -0.05) is 47.6 Å². The van der Waals surface area contributed by atoms with Crippen molar-refractivity contribution in [2.45, 2.75) is 55.4 Å². The molecule has 0 bridgehead atoms. The van der Waals surface area contributed by atoms with Gasteiger partial charge in [-0.05, 0) is 35.8 Å². The zero-order valence-electron chi connectivity index (χ0n) is 12.6. The van der Waals surface area contributed by atoms with Crippen LogP contribution in [-0.2, 0) is 0 Å². The molecule has 0 saturated carbocycles. The van der Waals surface area contributed by atoms with Crippen LogP contribution in [0.2, 0.25) is 0 Å². The summed E-state index contributed by atoms with van der Waals surface area (Å²) < 4.78 is 0. The molecule has 0 heterocycles. The Morgan fingerprint density at radius 1 is 0.938 bits per heavy atom. The van der Waals surface area contributed by atoms with Gasteiger partial charge < -0.3 is 5.32 Å². The SMILES string of the molecule is CN/C(C)=C(C)/C(=C\C(C)(C)C)C(C)(C)C. The lowest BCUT2D eigenvalue weighted by Crippen LogP contribution is -2.17. The van der Waals surface area contributed by atoms with Gasteiger partial charge in [0.2, 0.25) is 0 Å². The Balaban J connectivity index is 5.56. The van der Waals surface area contributed by atoms with Crippen LogP contribution in [0.3, 0.4) is 0 Å². The largest absolute Gasteiger partial charge is 0.391 e. The number of hydrogen-bond donors (Lipinski definition) is 1. The van der Waals surface area contributed by atoms with E-state index in [1.54, 1.807) is 0 Å². The van der Waals surface area contributed by atoms with Gasteiger partial charge in [-0.25, -0.2) is 0 Å². The zero-order valence-corrected chi connectivity index (χ0v) is 12.6. The van der Waals surface area contributed by atoms with E-state index < -0.39 is 0 Å². The summed E-state index contributed by atoms with van der Waals surface area (Å²) in [7, 11) is 1.98. The second-order valence-electron chi connectivity index (χ2n) is 6.67. The van der Waals surface area contributed by atoms with Gasteiger partial charge in [-0.3, -0.25) is 0 Å². The molecular formula is C15H29N. The smallest absolute Gasteiger partial charge is 0.0105 e. The van der Waals surface area contributed by atoms with Crippen molar-refractivity contribution in [1.82, 2.24) is 5.32 Å². The van der Waals surface area contributed by atoms with E-state index in [1.807, 2.05) is 7.05 Å². The molecule has 0 fully saturated rings. The van der Waals surface area contributed by atoms with Gasteiger partial charge in [0.15, 0.2) is 0 Å². The maximum absolute atomic E-state index is 3.24. The number of hydrogen-bond acceptors (Lipinski definition) is 1. The van der Waals surface area contributed by atoms with Crippen molar-refractivity contribution < 1.29 is 0 Å². The van der Waals surface area contributed by atoms with Crippen LogP contribution in [0.4, 0.5) is 0 Å². The second-order valence-corrected chi connectivity index (χ2v) is 6.67. The van der Waals surface area contributed by atoms with Crippen LogP contribution < -0.4 is 5.32 Å². The van der Waals surface area contributed by atoms with Gasteiger partial charge >= 0.3 is 0 Å². The van der Waals surface area contributed by atoms with Crippen molar-refractivity contribution in [2.24, 2.45) is 10.8 Å². The summed E-state index contributed by atoms with van der Waals surface area (Å²) in [6, 6.07) is 0. The summed E-state index contributed by atoms with van der Waals surface area (Å²) in [5.74, 6) is 0. The zero-order chi connectivity index (χ0) is 13.1. The van der Waals surface area contributed by atoms with Crippen LogP contribution in [0.1, 0.15) is 55.4 Å². The van der Waals surface area contributed by atoms with Gasteiger partial charge in [-0.2, -0.15) is 0 Å². The molecule has 94 valence electrons. The first-order valence-electron chi connectivity index (χ1n) is 6.08. The maximum atomic E-state index is 3.24. The summed E-state index contributed by atoms with van der Waals surface area (Å²) in [6.45, 7) is 17.9. The summed E-state index contributed by atoms with van der Waals surface area (Å²) in [5.41, 5.74) is 4.47. The minimum atomic E-state index is 0.190. The Bertz CT molecular complexity index is 292. The Morgan fingerprint density at radius 2 is 1.38 bits per heavy atom. The van der Waals surface area contributed by atoms with Gasteiger partial charge in [0.1, 0.15) is 0 Å². The molecule has 1 N–H and O–H groups in total. The fourth-order valence-corrected chi connectivity index (χ4v) is 1.71. The van der Waals surface area contributed by atoms with E-state index in [2.05, 4.69) is 66.8 Å². The topological polar surface area (TPSA) is 12.0 Å². The molecule has 16 heavy (non-hydrogen) atoms. The first-order chi connectivity index (χ1) is 6.99. The summed E-state index contributed by atoms with van der Waals surface area (Å²) in [4.78, 5) is 0. The molecule has 1 nitrogen and oxygen atoms in total. The van der Waals surface area contributed by atoms with Crippen molar-refractivity contribution in [3.63, 3.8) is 0 Å². The molecule has 0 amide bonds. The lowest BCUT2D eigenvalue weighted by molar-refractivity contribution is 0.475. The van der Waals surface area contributed by atoms with E-state index in [-0.39, 0.29) is 10.8 Å². The van der Waals surface area contributed by atoms with Gasteiger partial charge in [0, 0.05) is 12.7 Å². The van der Waals surface area contributed by atoms with Crippen molar-refractivity contribution in [3.05, 3.63) is 22.9 Å². The fourth-order valence-electron chi connectivity index (χ4n) is 1.71. The van der Waals surface area contributed by atoms with Gasteiger partial charge in [-0.15, -0.1) is 0 Å². The molecule has 0 aliphatic rings. The van der Waals surface area contributed by atoms with Crippen molar-refractivity contribution in [1.29, 1.82) is 0 Å². The molecule has 0 radical (unpaired) electrons. The van der Waals surface area contributed by atoms with Crippen molar-refractivity contribution in [2.75, 3.05) is 7.05 Å². The summed E-state index contributed by atoms with van der Waals surface area (Å²) >= 11 is 0. The predicted molar refractivity (Wildman–Crippen MR) is 74.4 cm³/mol. The highest BCUT2D eigenvalue weighted by molar-refractivity contribution is 5.37. The van der Waals surface area contributed by atoms with Crippen LogP contribution >= 0.6 is 0 Å². The molecule has 0 aromatic heterocycles. The number of rotatable bonds is 2. The monoisotopic (exact) mass is 223 g/mol. The highest BCUT2D eigenvalue weighted by atomic mass is 14.8. The third-order valence-corrected chi connectivity index (χ3v) is 2.73. The predicted octanol–water partition coefficient (Wildman–Crippen LogP) is 4.52. The summed E-state index contributed by atoms with van der Waals surface area (Å²) in [5, 5.41) is 3.24. The fraction of sp³-hybridized carbons (Fsp3) is 0.733. The van der Waals surface area contributed by atoms with Crippen LogP contribution in [-0.4, -0.2) is 7.05 Å². The average molecular weight is 223 g/mol. The van der Waals surface area contributed by atoms with Crippen LogP contribution in [0, 0.1) is 10.8 Å². The third-order valence-electron chi connectivity index (χ3n) is 2.73. The molecule has 0 aliphatic carbocycles. The number of allylic oxidation sites excluding steroid dienone is 4. The van der Waals surface area contributed by atoms with Crippen LogP contribution in [0.5, 0.6) is 0 Å². The standard InChI is InChI=1S/C15H29N/c1-11(12(2)16-9)13(15(6,7)8)10-14(3,4)5/h10,16H,1-9H3/b12-11+,13-10+. The molecule has 0 aliphatic heterocycles. The van der Waals surface area contributed by atoms with E-state index in [0.717, 1.165) is 0 Å². The summed E-state index contributed by atoms with van der Waals surface area (Å²) in [6.07, 6.45) is 2.39. The Kier molecular flexibility index (Phi) is 4.85. The highest BCUT2D eigenvalue weighted by Crippen LogP contribution is 2.35. The maximum Gasteiger partial charge on any atom is 0.0105 e. The van der Waals surface area contributed by atoms with Crippen molar-refractivity contribution in [3.8, 4) is 0 Å². The Morgan fingerprint density at radius 3 is 1.62 bits per heavy atom. The lowest BCUT2D eigenvalue weighted by atomic mass is 9.77. The minimum Gasteiger partial charge on any atom is -0.391 e. The van der Waals surface area contributed by atoms with Gasteiger partial charge in [0.05, 0.1) is 0 Å². The van der Waals surface area contributed by atoms with Gasteiger partial charge in [0.25, 0.3) is 0 Å². The first-order valence-corrected chi connectivity index (χ1v) is 6.08. The van der Waals surface area contributed by atoms with E-state index >= 15 is 0 Å². The lowest BCUT2D eigenvalue weighted by Gasteiger charge is -2.28. The Hall–Kier alpha value is -0.720. The molecule has 1 heteroatoms.